The van der Waals surface area contributed by atoms with E-state index in [9.17, 15) is 17.6 Å². The third-order valence-electron chi connectivity index (χ3n) is 4.88. The third-order valence-corrected chi connectivity index (χ3v) is 6.27. The highest BCUT2D eigenvalue weighted by Gasteiger charge is 2.25. The molecule has 1 saturated heterocycles. The zero-order chi connectivity index (χ0) is 19.3. The number of hydrogen-bond donors (Lipinski definition) is 0. The van der Waals surface area contributed by atoms with Gasteiger partial charge in [-0.15, -0.1) is 0 Å². The van der Waals surface area contributed by atoms with Crippen LogP contribution in [-0.2, 0) is 14.8 Å². The molecule has 0 aromatic heterocycles. The number of benzene rings is 1. The third kappa shape index (κ3) is 5.41. The van der Waals surface area contributed by atoms with E-state index in [2.05, 4.69) is 4.90 Å². The van der Waals surface area contributed by atoms with Crippen molar-refractivity contribution in [1.82, 2.24) is 9.21 Å². The van der Waals surface area contributed by atoms with Crippen LogP contribution < -0.4 is 4.90 Å². The minimum absolute atomic E-state index is 0.0271. The fourth-order valence-electron chi connectivity index (χ4n) is 3.15. The first kappa shape index (κ1) is 20.6. The van der Waals surface area contributed by atoms with Crippen molar-refractivity contribution in [3.63, 3.8) is 0 Å². The number of hydrogen-bond acceptors (Lipinski definition) is 4. The smallest absolute Gasteiger partial charge is 0.224 e. The van der Waals surface area contributed by atoms with Crippen LogP contribution in [0, 0.1) is 5.82 Å². The standard InChI is InChI=1S/C18H28FN3O3S/c1-4-15(2)22(26(3,24)25)10-9-18(23)21-13-11-20(12-14-21)17-7-5-16(19)6-8-17/h5-8,15H,4,9-14H2,1-3H3. The Kier molecular flexibility index (Phi) is 7.00. The average molecular weight is 386 g/mol. The number of carbonyl (C=O) groups excluding carboxylic acids is 1. The van der Waals surface area contributed by atoms with Gasteiger partial charge in [-0.2, -0.15) is 4.31 Å². The molecule has 8 heteroatoms. The van der Waals surface area contributed by atoms with Crippen LogP contribution in [0.15, 0.2) is 24.3 Å². The van der Waals surface area contributed by atoms with Gasteiger partial charge in [0.25, 0.3) is 0 Å². The van der Waals surface area contributed by atoms with Gasteiger partial charge < -0.3 is 9.80 Å². The van der Waals surface area contributed by atoms with Gasteiger partial charge in [0.1, 0.15) is 5.82 Å². The van der Waals surface area contributed by atoms with Crippen LogP contribution in [0.5, 0.6) is 0 Å². The molecule has 2 rings (SSSR count). The molecule has 1 unspecified atom stereocenters. The molecule has 1 aromatic carbocycles. The molecule has 26 heavy (non-hydrogen) atoms. The van der Waals surface area contributed by atoms with Gasteiger partial charge in [0.05, 0.1) is 6.26 Å². The highest BCUT2D eigenvalue weighted by Crippen LogP contribution is 2.17. The van der Waals surface area contributed by atoms with Gasteiger partial charge in [-0.05, 0) is 37.6 Å². The molecule has 6 nitrogen and oxygen atoms in total. The summed E-state index contributed by atoms with van der Waals surface area (Å²) in [6.07, 6.45) is 2.08. The summed E-state index contributed by atoms with van der Waals surface area (Å²) in [7, 11) is -3.33. The first-order valence-electron chi connectivity index (χ1n) is 8.97. The van der Waals surface area contributed by atoms with E-state index < -0.39 is 10.0 Å². The Morgan fingerprint density at radius 3 is 2.27 bits per heavy atom. The van der Waals surface area contributed by atoms with Crippen LogP contribution in [0.25, 0.3) is 0 Å². The molecule has 0 spiro atoms. The van der Waals surface area contributed by atoms with E-state index in [0.29, 0.717) is 32.6 Å². The molecule has 1 aliphatic heterocycles. The molecule has 1 fully saturated rings. The first-order valence-corrected chi connectivity index (χ1v) is 10.8. The van der Waals surface area contributed by atoms with Gasteiger partial charge in [0.15, 0.2) is 0 Å². The van der Waals surface area contributed by atoms with Gasteiger partial charge >= 0.3 is 0 Å². The monoisotopic (exact) mass is 385 g/mol. The molecule has 0 radical (unpaired) electrons. The predicted octanol–water partition coefficient (Wildman–Crippen LogP) is 1.92. The maximum absolute atomic E-state index is 13.0. The molecule has 0 aliphatic carbocycles. The summed E-state index contributed by atoms with van der Waals surface area (Å²) in [6, 6.07) is 6.22. The largest absolute Gasteiger partial charge is 0.368 e. The van der Waals surface area contributed by atoms with Crippen molar-refractivity contribution in [2.24, 2.45) is 0 Å². The van der Waals surface area contributed by atoms with Crippen LogP contribution >= 0.6 is 0 Å². The first-order chi connectivity index (χ1) is 12.2. The number of carbonyl (C=O) groups is 1. The second kappa shape index (κ2) is 8.81. The number of halogens is 1. The van der Waals surface area contributed by atoms with E-state index in [-0.39, 0.29) is 30.7 Å². The van der Waals surface area contributed by atoms with Crippen LogP contribution in [0.1, 0.15) is 26.7 Å². The fourth-order valence-corrected chi connectivity index (χ4v) is 4.37. The van der Waals surface area contributed by atoms with Crippen molar-refractivity contribution < 1.29 is 17.6 Å². The number of sulfonamides is 1. The van der Waals surface area contributed by atoms with Crippen LogP contribution in [0.3, 0.4) is 0 Å². The molecular weight excluding hydrogens is 357 g/mol. The highest BCUT2D eigenvalue weighted by molar-refractivity contribution is 7.88. The lowest BCUT2D eigenvalue weighted by Crippen LogP contribution is -2.49. The summed E-state index contributed by atoms with van der Waals surface area (Å²) in [5.74, 6) is -0.292. The normalized spacial score (nSPS) is 16.8. The van der Waals surface area contributed by atoms with Gasteiger partial charge in [0.2, 0.25) is 15.9 Å². The lowest BCUT2D eigenvalue weighted by atomic mass is 10.2. The number of piperazine rings is 1. The zero-order valence-electron chi connectivity index (χ0n) is 15.7. The Morgan fingerprint density at radius 2 is 1.77 bits per heavy atom. The Hall–Kier alpha value is -1.67. The quantitative estimate of drug-likeness (QED) is 0.720. The zero-order valence-corrected chi connectivity index (χ0v) is 16.5. The number of amides is 1. The summed E-state index contributed by atoms with van der Waals surface area (Å²) >= 11 is 0. The Labute approximate surface area is 155 Å². The van der Waals surface area contributed by atoms with Crippen molar-refractivity contribution in [2.75, 3.05) is 43.9 Å². The van der Waals surface area contributed by atoms with Gasteiger partial charge in [-0.25, -0.2) is 12.8 Å². The maximum Gasteiger partial charge on any atom is 0.224 e. The topological polar surface area (TPSA) is 60.9 Å². The van der Waals surface area contributed by atoms with Crippen LogP contribution in [0.4, 0.5) is 10.1 Å². The van der Waals surface area contributed by atoms with E-state index in [1.54, 1.807) is 17.0 Å². The molecule has 1 aromatic rings. The van der Waals surface area contributed by atoms with E-state index in [1.165, 1.54) is 22.7 Å². The van der Waals surface area contributed by atoms with Crippen molar-refractivity contribution in [1.29, 1.82) is 0 Å². The van der Waals surface area contributed by atoms with Crippen molar-refractivity contribution in [3.05, 3.63) is 30.1 Å². The molecule has 1 amide bonds. The van der Waals surface area contributed by atoms with Gasteiger partial charge in [-0.1, -0.05) is 6.92 Å². The minimum atomic E-state index is -3.33. The van der Waals surface area contributed by atoms with Gasteiger partial charge in [-0.3, -0.25) is 4.79 Å². The van der Waals surface area contributed by atoms with Crippen molar-refractivity contribution >= 4 is 21.6 Å². The Morgan fingerprint density at radius 1 is 1.19 bits per heavy atom. The summed E-state index contributed by atoms with van der Waals surface area (Å²) < 4.78 is 38.2. The van der Waals surface area contributed by atoms with E-state index >= 15 is 0 Å². The SMILES string of the molecule is CCC(C)N(CCC(=O)N1CCN(c2ccc(F)cc2)CC1)S(C)(=O)=O. The van der Waals surface area contributed by atoms with E-state index in [0.717, 1.165) is 5.69 Å². The summed E-state index contributed by atoms with van der Waals surface area (Å²) in [6.45, 7) is 6.52. The van der Waals surface area contributed by atoms with Crippen molar-refractivity contribution in [3.8, 4) is 0 Å². The molecular formula is C18H28FN3O3S. The van der Waals surface area contributed by atoms with E-state index in [4.69, 9.17) is 0 Å². The molecule has 1 atom stereocenters. The summed E-state index contributed by atoms with van der Waals surface area (Å²) in [4.78, 5) is 16.4. The van der Waals surface area contributed by atoms with Crippen LogP contribution in [-0.4, -0.2) is 68.6 Å². The highest BCUT2D eigenvalue weighted by atomic mass is 32.2. The maximum atomic E-state index is 13.0. The molecule has 0 N–H and O–H groups in total. The predicted molar refractivity (Wildman–Crippen MR) is 101 cm³/mol. The fraction of sp³-hybridized carbons (Fsp3) is 0.611. The Balaban J connectivity index is 1.87. The Bertz CT molecular complexity index is 701. The lowest BCUT2D eigenvalue weighted by molar-refractivity contribution is -0.131. The molecule has 146 valence electrons. The molecule has 1 aliphatic rings. The number of rotatable bonds is 7. The minimum Gasteiger partial charge on any atom is -0.368 e. The summed E-state index contributed by atoms with van der Waals surface area (Å²) in [5, 5.41) is 0. The second-order valence-corrected chi connectivity index (χ2v) is 8.66. The molecule has 0 bridgehead atoms. The van der Waals surface area contributed by atoms with E-state index in [1.807, 2.05) is 13.8 Å². The van der Waals surface area contributed by atoms with Gasteiger partial charge in [0, 0.05) is 50.9 Å². The molecule has 1 heterocycles. The van der Waals surface area contributed by atoms with Crippen LogP contribution in [0.2, 0.25) is 0 Å². The van der Waals surface area contributed by atoms with Crippen molar-refractivity contribution in [2.45, 2.75) is 32.7 Å². The number of anilines is 1. The number of nitrogens with zero attached hydrogens (tertiary/aromatic N) is 3. The second-order valence-electron chi connectivity index (χ2n) is 6.73. The molecule has 0 saturated carbocycles. The lowest BCUT2D eigenvalue weighted by Gasteiger charge is -2.36. The average Bonchev–Trinajstić information content (AvgIpc) is 2.61. The summed E-state index contributed by atoms with van der Waals surface area (Å²) in [5.41, 5.74) is 0.943.